The zero-order valence-electron chi connectivity index (χ0n) is 16.1. The number of aryl methyl sites for hydroxylation is 1. The Labute approximate surface area is 165 Å². The number of nitrogens with zero attached hydrogens (tertiary/aromatic N) is 5. The van der Waals surface area contributed by atoms with Crippen molar-refractivity contribution >= 4 is 29.0 Å². The zero-order valence-corrected chi connectivity index (χ0v) is 17.6. The van der Waals surface area contributed by atoms with Crippen LogP contribution in [0.5, 0.6) is 0 Å². The lowest BCUT2D eigenvalue weighted by molar-refractivity contribution is 0.481. The van der Waals surface area contributed by atoms with E-state index in [2.05, 4.69) is 42.7 Å². The largest absolute Gasteiger partial charge is 0.349 e. The molecule has 7 heteroatoms. The van der Waals surface area contributed by atoms with Crippen LogP contribution in [0.2, 0.25) is 10.3 Å². The standard InChI is InChI=1S/C19H27Cl2N5/c1-11(2)10-26-18(21)17(13(5)24-26)14-7-6-8-25(14)16-9-15(20)22-19(23-16)12(3)4/h9,11-12,14H,6-8,10H2,1-5H3. The molecule has 0 aliphatic carbocycles. The van der Waals surface area contributed by atoms with Gasteiger partial charge in [0.1, 0.15) is 21.9 Å². The van der Waals surface area contributed by atoms with Crippen LogP contribution in [0.4, 0.5) is 5.82 Å². The van der Waals surface area contributed by atoms with Gasteiger partial charge in [0.05, 0.1) is 11.7 Å². The minimum atomic E-state index is 0.175. The Morgan fingerprint density at radius 3 is 2.58 bits per heavy atom. The van der Waals surface area contributed by atoms with Crippen LogP contribution >= 0.6 is 23.2 Å². The summed E-state index contributed by atoms with van der Waals surface area (Å²) in [5.74, 6) is 2.38. The average molecular weight is 396 g/mol. The SMILES string of the molecule is Cc1nn(CC(C)C)c(Cl)c1C1CCCN1c1cc(Cl)nc(C(C)C)n1. The average Bonchev–Trinajstić information content (AvgIpc) is 3.11. The summed E-state index contributed by atoms with van der Waals surface area (Å²) >= 11 is 13.0. The van der Waals surface area contributed by atoms with Gasteiger partial charge in [0.2, 0.25) is 0 Å². The molecule has 1 unspecified atom stereocenters. The van der Waals surface area contributed by atoms with Crippen molar-refractivity contribution in [2.75, 3.05) is 11.4 Å². The molecule has 3 rings (SSSR count). The van der Waals surface area contributed by atoms with E-state index in [1.807, 2.05) is 17.7 Å². The summed E-state index contributed by atoms with van der Waals surface area (Å²) < 4.78 is 1.93. The van der Waals surface area contributed by atoms with E-state index in [0.29, 0.717) is 11.1 Å². The lowest BCUT2D eigenvalue weighted by Gasteiger charge is -2.26. The topological polar surface area (TPSA) is 46.8 Å². The highest BCUT2D eigenvalue weighted by atomic mass is 35.5. The monoisotopic (exact) mass is 395 g/mol. The predicted octanol–water partition coefficient (Wildman–Crippen LogP) is 5.41. The molecule has 1 aliphatic rings. The fraction of sp³-hybridized carbons (Fsp3) is 0.632. The molecule has 1 aliphatic heterocycles. The van der Waals surface area contributed by atoms with Crippen LogP contribution in [-0.4, -0.2) is 26.3 Å². The Morgan fingerprint density at radius 1 is 1.19 bits per heavy atom. The zero-order chi connectivity index (χ0) is 19.0. The van der Waals surface area contributed by atoms with E-state index < -0.39 is 0 Å². The molecular formula is C19H27Cl2N5. The normalized spacial score (nSPS) is 17.7. The van der Waals surface area contributed by atoms with Crippen LogP contribution in [0.15, 0.2) is 6.07 Å². The molecule has 1 saturated heterocycles. The van der Waals surface area contributed by atoms with Gasteiger partial charge in [-0.05, 0) is 25.7 Å². The second kappa shape index (κ2) is 7.73. The van der Waals surface area contributed by atoms with Crippen LogP contribution in [0.25, 0.3) is 0 Å². The van der Waals surface area contributed by atoms with Gasteiger partial charge in [-0.1, -0.05) is 50.9 Å². The Balaban J connectivity index is 1.98. The van der Waals surface area contributed by atoms with Crippen LogP contribution < -0.4 is 4.90 Å². The molecule has 0 N–H and O–H groups in total. The van der Waals surface area contributed by atoms with Crippen molar-refractivity contribution in [2.45, 2.75) is 66.0 Å². The summed E-state index contributed by atoms with van der Waals surface area (Å²) in [6.45, 7) is 12.3. The Bertz CT molecular complexity index is 784. The van der Waals surface area contributed by atoms with Gasteiger partial charge < -0.3 is 4.90 Å². The first-order valence-electron chi connectivity index (χ1n) is 9.31. The number of hydrogen-bond donors (Lipinski definition) is 0. The van der Waals surface area contributed by atoms with Crippen molar-refractivity contribution in [2.24, 2.45) is 5.92 Å². The van der Waals surface area contributed by atoms with Gasteiger partial charge in [-0.15, -0.1) is 0 Å². The van der Waals surface area contributed by atoms with Gasteiger partial charge in [0.15, 0.2) is 0 Å². The maximum atomic E-state index is 6.73. The van der Waals surface area contributed by atoms with Crippen molar-refractivity contribution in [3.05, 3.63) is 33.5 Å². The number of hydrogen-bond acceptors (Lipinski definition) is 4. The highest BCUT2D eigenvalue weighted by Crippen LogP contribution is 2.40. The fourth-order valence-electron chi connectivity index (χ4n) is 3.58. The van der Waals surface area contributed by atoms with Crippen molar-refractivity contribution < 1.29 is 0 Å². The summed E-state index contributed by atoms with van der Waals surface area (Å²) in [7, 11) is 0. The summed E-state index contributed by atoms with van der Waals surface area (Å²) in [5.41, 5.74) is 2.11. The highest BCUT2D eigenvalue weighted by molar-refractivity contribution is 6.30. The number of rotatable bonds is 5. The van der Waals surface area contributed by atoms with E-state index in [1.165, 1.54) is 0 Å². The first-order chi connectivity index (χ1) is 12.3. The highest BCUT2D eigenvalue weighted by Gasteiger charge is 2.33. The second-order valence-electron chi connectivity index (χ2n) is 7.78. The Morgan fingerprint density at radius 2 is 1.92 bits per heavy atom. The Hall–Kier alpha value is -1.33. The molecule has 142 valence electrons. The van der Waals surface area contributed by atoms with E-state index in [-0.39, 0.29) is 12.0 Å². The second-order valence-corrected chi connectivity index (χ2v) is 8.52. The molecule has 3 heterocycles. The molecule has 1 fully saturated rings. The van der Waals surface area contributed by atoms with Crippen molar-refractivity contribution in [3.63, 3.8) is 0 Å². The predicted molar refractivity (Wildman–Crippen MR) is 107 cm³/mol. The van der Waals surface area contributed by atoms with Gasteiger partial charge in [0, 0.05) is 30.6 Å². The molecule has 2 aromatic heterocycles. The molecule has 0 aromatic carbocycles. The van der Waals surface area contributed by atoms with Gasteiger partial charge in [0.25, 0.3) is 0 Å². The van der Waals surface area contributed by atoms with Gasteiger partial charge >= 0.3 is 0 Å². The third kappa shape index (κ3) is 3.84. The maximum Gasteiger partial charge on any atom is 0.135 e. The van der Waals surface area contributed by atoms with Crippen LogP contribution in [0, 0.1) is 12.8 Å². The van der Waals surface area contributed by atoms with Gasteiger partial charge in [-0.25, -0.2) is 9.97 Å². The molecule has 0 amide bonds. The van der Waals surface area contributed by atoms with E-state index in [1.54, 1.807) is 0 Å². The number of halogens is 2. The molecular weight excluding hydrogens is 369 g/mol. The summed E-state index contributed by atoms with van der Waals surface area (Å²) in [6.07, 6.45) is 2.13. The molecule has 5 nitrogen and oxygen atoms in total. The van der Waals surface area contributed by atoms with Gasteiger partial charge in [-0.3, -0.25) is 4.68 Å². The minimum Gasteiger partial charge on any atom is -0.349 e. The first-order valence-corrected chi connectivity index (χ1v) is 10.1. The van der Waals surface area contributed by atoms with Crippen molar-refractivity contribution in [1.29, 1.82) is 0 Å². The lowest BCUT2D eigenvalue weighted by Crippen LogP contribution is -2.25. The molecule has 0 radical (unpaired) electrons. The van der Waals surface area contributed by atoms with Crippen molar-refractivity contribution in [1.82, 2.24) is 19.7 Å². The first kappa shape index (κ1) is 19.4. The summed E-state index contributed by atoms with van der Waals surface area (Å²) in [5, 5.41) is 5.92. The van der Waals surface area contributed by atoms with Crippen molar-refractivity contribution in [3.8, 4) is 0 Å². The number of anilines is 1. The number of aromatic nitrogens is 4. The third-order valence-corrected chi connectivity index (χ3v) is 5.34. The molecule has 1 atom stereocenters. The van der Waals surface area contributed by atoms with Crippen LogP contribution in [-0.2, 0) is 6.54 Å². The fourth-order valence-corrected chi connectivity index (χ4v) is 4.14. The molecule has 0 bridgehead atoms. The van der Waals surface area contributed by atoms with Crippen LogP contribution in [0.1, 0.15) is 69.6 Å². The molecule has 0 saturated carbocycles. The van der Waals surface area contributed by atoms with E-state index in [9.17, 15) is 0 Å². The summed E-state index contributed by atoms with van der Waals surface area (Å²) in [6, 6.07) is 2.03. The molecule has 26 heavy (non-hydrogen) atoms. The van der Waals surface area contributed by atoms with Crippen LogP contribution in [0.3, 0.4) is 0 Å². The minimum absolute atomic E-state index is 0.175. The third-order valence-electron chi connectivity index (χ3n) is 4.74. The van der Waals surface area contributed by atoms with E-state index >= 15 is 0 Å². The molecule has 2 aromatic rings. The van der Waals surface area contributed by atoms with E-state index in [0.717, 1.165) is 54.0 Å². The van der Waals surface area contributed by atoms with Gasteiger partial charge in [-0.2, -0.15) is 5.10 Å². The quantitative estimate of drug-likeness (QED) is 0.634. The molecule has 0 spiro atoms. The lowest BCUT2D eigenvalue weighted by atomic mass is 10.1. The Kier molecular flexibility index (Phi) is 5.78. The maximum absolute atomic E-state index is 6.73. The summed E-state index contributed by atoms with van der Waals surface area (Å²) in [4.78, 5) is 11.4. The smallest absolute Gasteiger partial charge is 0.135 e. The van der Waals surface area contributed by atoms with E-state index in [4.69, 9.17) is 28.2 Å².